The molecule has 0 radical (unpaired) electrons. The summed E-state index contributed by atoms with van der Waals surface area (Å²) in [5, 5.41) is 3.38. The third-order valence-electron chi connectivity index (χ3n) is 4.03. The van der Waals surface area contributed by atoms with E-state index in [1.54, 1.807) is 24.3 Å². The van der Waals surface area contributed by atoms with Gasteiger partial charge in [0.25, 0.3) is 5.91 Å². The summed E-state index contributed by atoms with van der Waals surface area (Å²) in [6.45, 7) is 6.26. The highest BCUT2D eigenvalue weighted by atomic mass is 16.5. The van der Waals surface area contributed by atoms with Crippen molar-refractivity contribution in [2.24, 2.45) is 0 Å². The molecule has 128 valence electrons. The maximum absolute atomic E-state index is 12.5. The molecule has 0 aliphatic heterocycles. The van der Waals surface area contributed by atoms with E-state index < -0.39 is 11.5 Å². The maximum atomic E-state index is 12.5. The zero-order chi connectivity index (χ0) is 18.0. The smallest absolute Gasteiger partial charge is 0.349 e. The number of carbonyl (C=O) groups is 1. The van der Waals surface area contributed by atoms with Gasteiger partial charge in [0, 0.05) is 11.1 Å². The molecule has 0 spiro atoms. The van der Waals surface area contributed by atoms with Gasteiger partial charge in [0.1, 0.15) is 5.56 Å². The van der Waals surface area contributed by atoms with Crippen molar-refractivity contribution in [1.82, 2.24) is 0 Å². The van der Waals surface area contributed by atoms with Crippen LogP contribution < -0.4 is 15.7 Å². The number of anilines is 1. The number of nitrogens with one attached hydrogen (secondary N) is 1. The van der Waals surface area contributed by atoms with Gasteiger partial charge in [-0.25, -0.2) is 4.79 Å². The number of rotatable bonds is 4. The molecule has 1 heterocycles. The summed E-state index contributed by atoms with van der Waals surface area (Å²) in [5.41, 5.74) is 2.43. The van der Waals surface area contributed by atoms with E-state index in [0.717, 1.165) is 11.1 Å². The largest absolute Gasteiger partial charge is 0.490 e. The molecule has 1 aromatic heterocycles. The first kappa shape index (κ1) is 16.8. The SMILES string of the molecule is CCOc1cccc2cc(C(=O)Nc3ccc(C)c(C)c3)c(=O)oc12. The van der Waals surface area contributed by atoms with E-state index in [2.05, 4.69) is 5.32 Å². The lowest BCUT2D eigenvalue weighted by Gasteiger charge is -2.09. The topological polar surface area (TPSA) is 68.5 Å². The number of ether oxygens (including phenoxy) is 1. The summed E-state index contributed by atoms with van der Waals surface area (Å²) < 4.78 is 10.8. The summed E-state index contributed by atoms with van der Waals surface area (Å²) >= 11 is 0. The maximum Gasteiger partial charge on any atom is 0.349 e. The Labute approximate surface area is 145 Å². The van der Waals surface area contributed by atoms with Crippen molar-refractivity contribution < 1.29 is 13.9 Å². The van der Waals surface area contributed by atoms with Crippen LogP contribution in [-0.2, 0) is 0 Å². The Hall–Kier alpha value is -3.08. The van der Waals surface area contributed by atoms with Crippen LogP contribution in [0.25, 0.3) is 11.0 Å². The van der Waals surface area contributed by atoms with Crippen LogP contribution in [0.5, 0.6) is 5.75 Å². The number of hydrogen-bond acceptors (Lipinski definition) is 4. The van der Waals surface area contributed by atoms with Gasteiger partial charge < -0.3 is 14.5 Å². The fourth-order valence-electron chi connectivity index (χ4n) is 2.56. The first-order chi connectivity index (χ1) is 12.0. The van der Waals surface area contributed by atoms with Gasteiger partial charge >= 0.3 is 5.63 Å². The average molecular weight is 337 g/mol. The minimum atomic E-state index is -0.694. The Balaban J connectivity index is 1.97. The van der Waals surface area contributed by atoms with Gasteiger partial charge in [0.2, 0.25) is 0 Å². The van der Waals surface area contributed by atoms with E-state index in [9.17, 15) is 9.59 Å². The molecule has 0 saturated heterocycles. The van der Waals surface area contributed by atoms with Crippen LogP contribution in [0.4, 0.5) is 5.69 Å². The molecule has 1 amide bonds. The molecular weight excluding hydrogens is 318 g/mol. The van der Waals surface area contributed by atoms with Crippen molar-refractivity contribution >= 4 is 22.6 Å². The Bertz CT molecular complexity index is 1000. The van der Waals surface area contributed by atoms with Crippen molar-refractivity contribution in [3.8, 4) is 5.75 Å². The zero-order valence-electron chi connectivity index (χ0n) is 14.4. The molecule has 0 atom stereocenters. The quantitative estimate of drug-likeness (QED) is 0.729. The second kappa shape index (κ2) is 6.81. The molecule has 0 aliphatic rings. The second-order valence-corrected chi connectivity index (χ2v) is 5.81. The number of benzene rings is 2. The van der Waals surface area contributed by atoms with E-state index in [-0.39, 0.29) is 5.56 Å². The summed E-state index contributed by atoms with van der Waals surface area (Å²) in [6.07, 6.45) is 0. The van der Waals surface area contributed by atoms with E-state index in [1.165, 1.54) is 6.07 Å². The fourth-order valence-corrected chi connectivity index (χ4v) is 2.56. The lowest BCUT2D eigenvalue weighted by atomic mass is 10.1. The molecular formula is C20H19NO4. The van der Waals surface area contributed by atoms with Crippen molar-refractivity contribution in [2.75, 3.05) is 11.9 Å². The van der Waals surface area contributed by atoms with Gasteiger partial charge in [0.15, 0.2) is 11.3 Å². The molecule has 0 bridgehead atoms. The molecule has 3 rings (SSSR count). The Morgan fingerprint density at radius 2 is 1.92 bits per heavy atom. The molecule has 3 aromatic rings. The summed E-state index contributed by atoms with van der Waals surface area (Å²) in [7, 11) is 0. The minimum absolute atomic E-state index is 0.0422. The van der Waals surface area contributed by atoms with Crippen LogP contribution >= 0.6 is 0 Å². The Kier molecular flexibility index (Phi) is 4.57. The lowest BCUT2D eigenvalue weighted by Crippen LogP contribution is -2.20. The van der Waals surface area contributed by atoms with Gasteiger partial charge in [-0.15, -0.1) is 0 Å². The zero-order valence-corrected chi connectivity index (χ0v) is 14.4. The fraction of sp³-hybridized carbons (Fsp3) is 0.200. The highest BCUT2D eigenvalue weighted by molar-refractivity contribution is 6.05. The highest BCUT2D eigenvalue weighted by Crippen LogP contribution is 2.25. The molecule has 5 heteroatoms. The van der Waals surface area contributed by atoms with Crippen molar-refractivity contribution in [3.63, 3.8) is 0 Å². The summed E-state index contributed by atoms with van der Waals surface area (Å²) in [5.74, 6) is -0.0149. The molecule has 0 saturated carbocycles. The van der Waals surface area contributed by atoms with Crippen LogP contribution in [0.1, 0.15) is 28.4 Å². The Morgan fingerprint density at radius 1 is 1.12 bits per heavy atom. The molecule has 5 nitrogen and oxygen atoms in total. The van der Waals surface area contributed by atoms with E-state index in [0.29, 0.717) is 29.0 Å². The van der Waals surface area contributed by atoms with Crippen LogP contribution in [0, 0.1) is 13.8 Å². The van der Waals surface area contributed by atoms with Gasteiger partial charge in [-0.2, -0.15) is 0 Å². The van der Waals surface area contributed by atoms with E-state index in [1.807, 2.05) is 32.9 Å². The number of carbonyl (C=O) groups excluding carboxylic acids is 1. The predicted molar refractivity (Wildman–Crippen MR) is 97.5 cm³/mol. The molecule has 0 fully saturated rings. The van der Waals surface area contributed by atoms with Crippen molar-refractivity contribution in [1.29, 1.82) is 0 Å². The monoisotopic (exact) mass is 337 g/mol. The second-order valence-electron chi connectivity index (χ2n) is 5.81. The third-order valence-corrected chi connectivity index (χ3v) is 4.03. The first-order valence-corrected chi connectivity index (χ1v) is 8.08. The van der Waals surface area contributed by atoms with Crippen LogP contribution in [0.15, 0.2) is 51.7 Å². The number of aryl methyl sites for hydroxylation is 2. The van der Waals surface area contributed by atoms with E-state index >= 15 is 0 Å². The number of para-hydroxylation sites is 1. The van der Waals surface area contributed by atoms with Gasteiger partial charge in [-0.1, -0.05) is 18.2 Å². The minimum Gasteiger partial charge on any atom is -0.490 e. The van der Waals surface area contributed by atoms with Crippen LogP contribution in [-0.4, -0.2) is 12.5 Å². The molecule has 2 aromatic carbocycles. The summed E-state index contributed by atoms with van der Waals surface area (Å²) in [4.78, 5) is 24.7. The van der Waals surface area contributed by atoms with Crippen LogP contribution in [0.2, 0.25) is 0 Å². The van der Waals surface area contributed by atoms with Crippen molar-refractivity contribution in [3.05, 3.63) is 69.6 Å². The molecule has 0 unspecified atom stereocenters. The average Bonchev–Trinajstić information content (AvgIpc) is 2.58. The number of fused-ring (bicyclic) bond motifs is 1. The number of amides is 1. The standard InChI is InChI=1S/C20H19NO4/c1-4-24-17-7-5-6-14-11-16(20(23)25-18(14)17)19(22)21-15-9-8-12(2)13(3)10-15/h5-11H,4H2,1-3H3,(H,21,22). The van der Waals surface area contributed by atoms with Gasteiger partial charge in [-0.3, -0.25) is 4.79 Å². The van der Waals surface area contributed by atoms with Gasteiger partial charge in [0.05, 0.1) is 6.61 Å². The first-order valence-electron chi connectivity index (χ1n) is 8.08. The molecule has 25 heavy (non-hydrogen) atoms. The van der Waals surface area contributed by atoms with Crippen molar-refractivity contribution in [2.45, 2.75) is 20.8 Å². The van der Waals surface area contributed by atoms with Crippen LogP contribution in [0.3, 0.4) is 0 Å². The van der Waals surface area contributed by atoms with E-state index in [4.69, 9.17) is 9.15 Å². The lowest BCUT2D eigenvalue weighted by molar-refractivity contribution is 0.102. The molecule has 1 N–H and O–H groups in total. The Morgan fingerprint density at radius 3 is 2.64 bits per heavy atom. The number of hydrogen-bond donors (Lipinski definition) is 1. The third kappa shape index (κ3) is 3.40. The predicted octanol–water partition coefficient (Wildman–Crippen LogP) is 4.06. The normalized spacial score (nSPS) is 10.7. The summed E-state index contributed by atoms with van der Waals surface area (Å²) in [6, 6.07) is 12.4. The highest BCUT2D eigenvalue weighted by Gasteiger charge is 2.16. The van der Waals surface area contributed by atoms with Gasteiger partial charge in [-0.05, 0) is 56.2 Å². The molecule has 0 aliphatic carbocycles.